The fourth-order valence-corrected chi connectivity index (χ4v) is 4.55. The van der Waals surface area contributed by atoms with Gasteiger partial charge in [-0.3, -0.25) is 4.79 Å². The fraction of sp³-hybridized carbons (Fsp3) is 0.321. The van der Waals surface area contributed by atoms with Crippen molar-refractivity contribution < 1.29 is 9.53 Å². The molecule has 35 heavy (non-hydrogen) atoms. The molecule has 2 aromatic carbocycles. The first-order valence-corrected chi connectivity index (χ1v) is 12.2. The zero-order valence-corrected chi connectivity index (χ0v) is 20.1. The number of rotatable bonds is 4. The van der Waals surface area contributed by atoms with E-state index in [1.54, 1.807) is 0 Å². The Morgan fingerprint density at radius 3 is 2.94 bits per heavy atom. The quantitative estimate of drug-likeness (QED) is 0.583. The van der Waals surface area contributed by atoms with Crippen molar-refractivity contribution in [2.45, 2.75) is 26.4 Å². The molecule has 3 heterocycles. The Hall–Kier alpha value is -3.55. The zero-order valence-electron chi connectivity index (χ0n) is 20.1. The van der Waals surface area contributed by atoms with Gasteiger partial charge in [0.1, 0.15) is 0 Å². The molecule has 2 aliphatic rings. The molecule has 5 rings (SSSR count). The van der Waals surface area contributed by atoms with Crippen molar-refractivity contribution in [1.82, 2.24) is 20.2 Å². The van der Waals surface area contributed by atoms with Gasteiger partial charge < -0.3 is 20.3 Å². The number of fused-ring (bicyclic) bond motifs is 7. The van der Waals surface area contributed by atoms with Crippen molar-refractivity contribution in [3.05, 3.63) is 77.0 Å². The Bertz CT molecular complexity index is 1230. The van der Waals surface area contributed by atoms with Crippen LogP contribution in [0.3, 0.4) is 0 Å². The zero-order chi connectivity index (χ0) is 24.0. The van der Waals surface area contributed by atoms with Crippen LogP contribution in [0.25, 0.3) is 17.3 Å². The summed E-state index contributed by atoms with van der Waals surface area (Å²) in [5, 5.41) is 6.38. The van der Waals surface area contributed by atoms with Gasteiger partial charge in [-0.15, -0.1) is 0 Å². The molecule has 1 saturated heterocycles. The number of hydrogen-bond acceptors (Lipinski definition) is 6. The second kappa shape index (κ2) is 10.8. The van der Waals surface area contributed by atoms with Gasteiger partial charge in [0, 0.05) is 36.1 Å². The van der Waals surface area contributed by atoms with Gasteiger partial charge in [0.25, 0.3) is 5.91 Å². The lowest BCUT2D eigenvalue weighted by atomic mass is 10.1. The van der Waals surface area contributed by atoms with E-state index in [1.165, 1.54) is 12.8 Å². The van der Waals surface area contributed by atoms with Crippen LogP contribution in [-0.4, -0.2) is 53.6 Å². The maximum Gasteiger partial charge on any atom is 0.251 e. The summed E-state index contributed by atoms with van der Waals surface area (Å²) in [4.78, 5) is 24.6. The number of amides is 1. The summed E-state index contributed by atoms with van der Waals surface area (Å²) in [6, 6.07) is 14.0. The molecule has 0 atom stereocenters. The average Bonchev–Trinajstić information content (AvgIpc) is 3.38. The molecule has 0 saturated carbocycles. The number of ether oxygens (including phenoxy) is 1. The van der Waals surface area contributed by atoms with Crippen LogP contribution >= 0.6 is 0 Å². The Balaban J connectivity index is 1.42. The van der Waals surface area contributed by atoms with Crippen LogP contribution in [0.5, 0.6) is 0 Å². The van der Waals surface area contributed by atoms with Crippen molar-refractivity contribution in [2.24, 2.45) is 0 Å². The van der Waals surface area contributed by atoms with E-state index in [0.717, 1.165) is 53.3 Å². The molecule has 0 aliphatic carbocycles. The van der Waals surface area contributed by atoms with Gasteiger partial charge in [-0.2, -0.15) is 0 Å². The molecule has 7 heteroatoms. The van der Waals surface area contributed by atoms with Gasteiger partial charge in [0.2, 0.25) is 5.95 Å². The van der Waals surface area contributed by atoms with Crippen molar-refractivity contribution in [1.29, 1.82) is 0 Å². The molecule has 0 radical (unpaired) electrons. The van der Waals surface area contributed by atoms with Crippen molar-refractivity contribution >= 4 is 23.6 Å². The molecule has 2 aliphatic heterocycles. The lowest BCUT2D eigenvalue weighted by Gasteiger charge is -2.15. The van der Waals surface area contributed by atoms with Crippen LogP contribution in [0.2, 0.25) is 0 Å². The van der Waals surface area contributed by atoms with Gasteiger partial charge in [0.05, 0.1) is 18.9 Å². The third-order valence-corrected chi connectivity index (χ3v) is 6.35. The third-order valence-electron chi connectivity index (χ3n) is 6.35. The summed E-state index contributed by atoms with van der Waals surface area (Å²) in [6.45, 7) is 6.76. The van der Waals surface area contributed by atoms with E-state index < -0.39 is 0 Å². The summed E-state index contributed by atoms with van der Waals surface area (Å²) in [6.07, 6.45) is 8.26. The Labute approximate surface area is 206 Å². The molecule has 0 unspecified atom stereocenters. The Morgan fingerprint density at radius 1 is 1.17 bits per heavy atom. The first kappa shape index (κ1) is 23.2. The number of hydrogen-bond donors (Lipinski definition) is 2. The SMILES string of the molecule is Cc1cnc2nc1-c1cccc(c1)COC/C=C/c1cc(cc(C(=O)NCCN3CCCC3)c1)N2. The Kier molecular flexibility index (Phi) is 7.16. The number of likely N-dealkylation sites (tertiary alicyclic amines) is 1. The van der Waals surface area contributed by atoms with Gasteiger partial charge in [-0.1, -0.05) is 30.4 Å². The van der Waals surface area contributed by atoms with E-state index in [-0.39, 0.29) is 5.91 Å². The first-order valence-electron chi connectivity index (χ1n) is 12.2. The second-order valence-electron chi connectivity index (χ2n) is 9.12. The van der Waals surface area contributed by atoms with E-state index >= 15 is 0 Å². The number of nitrogens with one attached hydrogen (secondary N) is 2. The number of aryl methyl sites for hydroxylation is 1. The fourth-order valence-electron chi connectivity index (χ4n) is 4.55. The molecule has 6 bridgehead atoms. The number of anilines is 2. The van der Waals surface area contributed by atoms with E-state index in [2.05, 4.69) is 32.7 Å². The maximum atomic E-state index is 13.0. The molecular weight excluding hydrogens is 438 g/mol. The number of aromatic nitrogens is 2. The van der Waals surface area contributed by atoms with E-state index in [0.29, 0.717) is 31.3 Å². The van der Waals surface area contributed by atoms with Crippen molar-refractivity contribution in [3.8, 4) is 11.3 Å². The highest BCUT2D eigenvalue weighted by atomic mass is 16.5. The molecule has 180 valence electrons. The van der Waals surface area contributed by atoms with E-state index in [1.807, 2.05) is 55.6 Å². The normalized spacial score (nSPS) is 16.6. The third kappa shape index (κ3) is 5.93. The molecule has 0 spiro atoms. The lowest BCUT2D eigenvalue weighted by molar-refractivity contribution is 0.0949. The summed E-state index contributed by atoms with van der Waals surface area (Å²) < 4.78 is 5.87. The van der Waals surface area contributed by atoms with Crippen LogP contribution in [0.1, 0.15) is 39.9 Å². The topological polar surface area (TPSA) is 79.4 Å². The molecule has 1 fully saturated rings. The second-order valence-corrected chi connectivity index (χ2v) is 9.12. The van der Waals surface area contributed by atoms with Crippen molar-refractivity contribution in [2.75, 3.05) is 38.1 Å². The standard InChI is InChI=1S/C28H31N5O2/c1-20-18-30-28-31-25-16-21(14-24(17-25)27(34)29-9-12-33-10-2-3-11-33)7-5-13-35-19-22-6-4-8-23(15-22)26(20)32-28/h4-8,14-18H,2-3,9-13,19H2,1H3,(H,29,34)(H,30,31,32)/b7-5+. The molecule has 3 aromatic rings. The number of carbonyl (C=O) groups excluding carboxylic acids is 1. The Morgan fingerprint density at radius 2 is 2.06 bits per heavy atom. The molecule has 1 amide bonds. The summed E-state index contributed by atoms with van der Waals surface area (Å²) in [5.74, 6) is 0.404. The average molecular weight is 470 g/mol. The predicted molar refractivity (Wildman–Crippen MR) is 139 cm³/mol. The maximum absolute atomic E-state index is 13.0. The molecular formula is C28H31N5O2. The van der Waals surface area contributed by atoms with Gasteiger partial charge in [-0.05, 0) is 73.8 Å². The summed E-state index contributed by atoms with van der Waals surface area (Å²) in [5.41, 5.74) is 6.24. The highest BCUT2D eigenvalue weighted by Gasteiger charge is 2.14. The molecule has 1 aromatic heterocycles. The number of nitrogens with zero attached hydrogens (tertiary/aromatic N) is 3. The first-order chi connectivity index (χ1) is 17.1. The lowest BCUT2D eigenvalue weighted by Crippen LogP contribution is -2.33. The monoisotopic (exact) mass is 469 g/mol. The smallest absolute Gasteiger partial charge is 0.251 e. The minimum Gasteiger partial charge on any atom is -0.373 e. The van der Waals surface area contributed by atoms with E-state index in [4.69, 9.17) is 9.72 Å². The minimum atomic E-state index is -0.0850. The number of carbonyl (C=O) groups is 1. The predicted octanol–water partition coefficient (Wildman–Crippen LogP) is 4.56. The van der Waals surface area contributed by atoms with Gasteiger partial charge in [0.15, 0.2) is 0 Å². The highest BCUT2D eigenvalue weighted by molar-refractivity contribution is 5.96. The minimum absolute atomic E-state index is 0.0850. The van der Waals surface area contributed by atoms with Gasteiger partial charge in [-0.25, -0.2) is 9.97 Å². The highest BCUT2D eigenvalue weighted by Crippen LogP contribution is 2.25. The van der Waals surface area contributed by atoms with Crippen LogP contribution in [0.4, 0.5) is 11.6 Å². The van der Waals surface area contributed by atoms with Crippen LogP contribution in [-0.2, 0) is 11.3 Å². The van der Waals surface area contributed by atoms with Crippen molar-refractivity contribution in [3.63, 3.8) is 0 Å². The van der Waals surface area contributed by atoms with E-state index in [9.17, 15) is 4.79 Å². The largest absolute Gasteiger partial charge is 0.373 e. The van der Waals surface area contributed by atoms with Gasteiger partial charge >= 0.3 is 0 Å². The van der Waals surface area contributed by atoms with Crippen LogP contribution in [0.15, 0.2) is 54.7 Å². The summed E-state index contributed by atoms with van der Waals surface area (Å²) in [7, 11) is 0. The van der Waals surface area contributed by atoms with Crippen LogP contribution in [0, 0.1) is 6.92 Å². The number of benzene rings is 2. The molecule has 7 nitrogen and oxygen atoms in total. The van der Waals surface area contributed by atoms with Crippen LogP contribution < -0.4 is 10.6 Å². The molecule has 2 N–H and O–H groups in total. The summed E-state index contributed by atoms with van der Waals surface area (Å²) >= 11 is 0.